The summed E-state index contributed by atoms with van der Waals surface area (Å²) in [7, 11) is 0. The number of pyridine rings is 4. The summed E-state index contributed by atoms with van der Waals surface area (Å²) in [6.45, 7) is 8.23. The van der Waals surface area contributed by atoms with E-state index >= 15 is 0 Å². The van der Waals surface area contributed by atoms with Crippen molar-refractivity contribution in [3.63, 3.8) is 0 Å². The standard InChI is InChI=1S/2C12H12N2.2CF3Se.2Cu/c2*1-9-3-5-13-11(7-9)12-8-10(2)4-6-14-12;2*2-1(3,4)5;;/h2*3-8H,1-2H3;;;;. The van der Waals surface area contributed by atoms with Crippen LogP contribution in [0.5, 0.6) is 0 Å². The van der Waals surface area contributed by atoms with Crippen molar-refractivity contribution >= 4 is 32.0 Å². The van der Waals surface area contributed by atoms with Gasteiger partial charge >= 0.3 is 68.5 Å². The van der Waals surface area contributed by atoms with Crippen molar-refractivity contribution in [2.24, 2.45) is 0 Å². The van der Waals surface area contributed by atoms with Crippen LogP contribution in [0.2, 0.25) is 0 Å². The number of hydrogen-bond donors (Lipinski definition) is 0. The predicted molar refractivity (Wildman–Crippen MR) is 138 cm³/mol. The Kier molecular flexibility index (Phi) is 19.6. The van der Waals surface area contributed by atoms with Gasteiger partial charge < -0.3 is 0 Å². The molecule has 0 aliphatic heterocycles. The second kappa shape index (κ2) is 19.4. The Hall–Kier alpha value is -1.74. The van der Waals surface area contributed by atoms with Gasteiger partial charge in [0, 0.05) is 58.9 Å². The second-order valence-electron chi connectivity index (χ2n) is 7.77. The summed E-state index contributed by atoms with van der Waals surface area (Å²) in [6.07, 6.45) is 7.26. The first kappa shape index (κ1) is 40.4. The molecule has 0 aliphatic carbocycles. The first-order valence-electron chi connectivity index (χ1n) is 10.8. The van der Waals surface area contributed by atoms with Crippen molar-refractivity contribution in [2.45, 2.75) is 37.8 Å². The minimum atomic E-state index is -4.12. The molecular formula is C26H24Cu2F6N4Se2. The molecule has 0 atom stereocenters. The monoisotopic (exact) mass is 792 g/mol. The molecule has 0 aromatic carbocycles. The Morgan fingerprint density at radius 3 is 0.725 bits per heavy atom. The smallest absolute Gasteiger partial charge is 0 e. The van der Waals surface area contributed by atoms with E-state index in [1.165, 1.54) is 22.3 Å². The summed E-state index contributed by atoms with van der Waals surface area (Å²) >= 11 is 1.96. The van der Waals surface area contributed by atoms with E-state index in [0.29, 0.717) is 0 Å². The Labute approximate surface area is 267 Å². The number of halogens is 6. The maximum atomic E-state index is 10.3. The number of rotatable bonds is 2. The molecule has 4 radical (unpaired) electrons. The molecule has 0 amide bonds. The topological polar surface area (TPSA) is 51.6 Å². The third kappa shape index (κ3) is 21.1. The molecular weight excluding hydrogens is 767 g/mol. The Balaban J connectivity index is 0. The molecule has 4 heterocycles. The molecule has 14 heteroatoms. The summed E-state index contributed by atoms with van der Waals surface area (Å²) in [5.74, 6) is 0. The van der Waals surface area contributed by atoms with Crippen LogP contribution in [0.15, 0.2) is 73.3 Å². The van der Waals surface area contributed by atoms with E-state index in [1.54, 1.807) is 0 Å². The van der Waals surface area contributed by atoms with E-state index in [2.05, 4.69) is 47.6 Å². The number of aryl methyl sites for hydroxylation is 4. The third-order valence-electron chi connectivity index (χ3n) is 4.19. The Morgan fingerprint density at radius 2 is 0.600 bits per heavy atom. The summed E-state index contributed by atoms with van der Waals surface area (Å²) in [5, 5.41) is -8.25. The largest absolute Gasteiger partial charge is 0 e. The van der Waals surface area contributed by atoms with E-state index in [-0.39, 0.29) is 34.1 Å². The SMILES string of the molecule is Cc1ccnc(-c2cc(C)ccn2)c1.Cc1ccnc(-c2cc(C)ccn2)c1.FC(F)(F)[Se].FC(F)(F)[Se].[Cu].[Cu]. The van der Waals surface area contributed by atoms with Crippen LogP contribution in [0, 0.1) is 27.7 Å². The molecule has 4 aromatic heterocycles. The van der Waals surface area contributed by atoms with Gasteiger partial charge in [-0.3, -0.25) is 19.9 Å². The number of hydrogen-bond acceptors (Lipinski definition) is 4. The van der Waals surface area contributed by atoms with Gasteiger partial charge in [-0.25, -0.2) is 0 Å². The molecule has 0 saturated carbocycles. The van der Waals surface area contributed by atoms with Gasteiger partial charge in [0.2, 0.25) is 0 Å². The van der Waals surface area contributed by atoms with Gasteiger partial charge in [-0.2, -0.15) is 0 Å². The molecule has 224 valence electrons. The van der Waals surface area contributed by atoms with Crippen LogP contribution in [-0.4, -0.2) is 62.1 Å². The number of aromatic nitrogens is 4. The summed E-state index contributed by atoms with van der Waals surface area (Å²) < 4.78 is 61.8. The van der Waals surface area contributed by atoms with E-state index in [1.807, 2.05) is 73.3 Å². The van der Waals surface area contributed by atoms with Gasteiger partial charge in [-0.15, -0.1) is 0 Å². The fraction of sp³-hybridized carbons (Fsp3) is 0.231. The van der Waals surface area contributed by atoms with E-state index in [0.717, 1.165) is 54.8 Å². The van der Waals surface area contributed by atoms with Crippen LogP contribution in [0.25, 0.3) is 22.8 Å². The third-order valence-corrected chi connectivity index (χ3v) is 4.19. The number of nitrogens with zero attached hydrogens (tertiary/aromatic N) is 4. The van der Waals surface area contributed by atoms with Crippen molar-refractivity contribution in [3.8, 4) is 22.8 Å². The minimum absolute atomic E-state index is 0. The molecule has 0 saturated heterocycles. The van der Waals surface area contributed by atoms with Crippen LogP contribution in [-0.2, 0) is 34.1 Å². The average Bonchev–Trinajstić information content (AvgIpc) is 2.77. The molecule has 0 N–H and O–H groups in total. The molecule has 0 spiro atoms. The Morgan fingerprint density at radius 1 is 0.450 bits per heavy atom. The zero-order chi connectivity index (χ0) is 28.9. The summed E-state index contributed by atoms with van der Waals surface area (Å²) in [4.78, 5) is 17.2. The van der Waals surface area contributed by atoms with Crippen molar-refractivity contribution in [2.75, 3.05) is 0 Å². The van der Waals surface area contributed by atoms with Crippen LogP contribution >= 0.6 is 0 Å². The van der Waals surface area contributed by atoms with Gasteiger partial charge in [-0.05, 0) is 98.5 Å². The first-order valence-corrected chi connectivity index (χ1v) is 12.5. The normalized spacial score (nSPS) is 10.1. The van der Waals surface area contributed by atoms with Gasteiger partial charge in [0.05, 0.1) is 22.8 Å². The molecule has 0 aliphatic rings. The van der Waals surface area contributed by atoms with Gasteiger partial charge in [0.25, 0.3) is 0 Å². The Bertz CT molecular complexity index is 1090. The molecule has 0 bridgehead atoms. The summed E-state index contributed by atoms with van der Waals surface area (Å²) in [6, 6.07) is 16.1. The molecule has 0 fully saturated rings. The zero-order valence-corrected chi connectivity index (χ0v) is 26.7. The maximum Gasteiger partial charge on any atom is 0 e. The fourth-order valence-corrected chi connectivity index (χ4v) is 2.70. The van der Waals surface area contributed by atoms with Gasteiger partial charge in [0.15, 0.2) is 0 Å². The molecule has 4 aromatic rings. The van der Waals surface area contributed by atoms with Crippen molar-refractivity contribution in [1.29, 1.82) is 0 Å². The first-order chi connectivity index (χ1) is 17.5. The van der Waals surface area contributed by atoms with Crippen molar-refractivity contribution in [3.05, 3.63) is 95.6 Å². The van der Waals surface area contributed by atoms with Crippen LogP contribution in [0.1, 0.15) is 22.3 Å². The molecule has 0 unspecified atom stereocenters. The van der Waals surface area contributed by atoms with Gasteiger partial charge in [0.1, 0.15) is 0 Å². The number of alkyl halides is 6. The van der Waals surface area contributed by atoms with Crippen LogP contribution in [0.3, 0.4) is 0 Å². The quantitative estimate of drug-likeness (QED) is 0.165. The zero-order valence-electron chi connectivity index (χ0n) is 21.4. The minimum Gasteiger partial charge on any atom is 0 e. The molecule has 4 rings (SSSR count). The maximum absolute atomic E-state index is 10.3. The second-order valence-corrected chi connectivity index (χ2v) is 9.71. The van der Waals surface area contributed by atoms with Gasteiger partial charge in [-0.1, -0.05) is 0 Å². The van der Waals surface area contributed by atoms with Crippen LogP contribution in [0.4, 0.5) is 26.3 Å². The van der Waals surface area contributed by atoms with Crippen LogP contribution < -0.4 is 0 Å². The summed E-state index contributed by atoms with van der Waals surface area (Å²) in [5.41, 5.74) is 8.58. The fourth-order valence-electron chi connectivity index (χ4n) is 2.70. The average molecular weight is 792 g/mol. The van der Waals surface area contributed by atoms with E-state index < -0.39 is 10.1 Å². The molecule has 4 nitrogen and oxygen atoms in total. The van der Waals surface area contributed by atoms with E-state index in [4.69, 9.17) is 0 Å². The predicted octanol–water partition coefficient (Wildman–Crippen LogP) is 6.87. The van der Waals surface area contributed by atoms with E-state index in [9.17, 15) is 26.3 Å². The van der Waals surface area contributed by atoms with Crippen molar-refractivity contribution < 1.29 is 60.5 Å². The molecule has 40 heavy (non-hydrogen) atoms. The van der Waals surface area contributed by atoms with Crippen molar-refractivity contribution in [1.82, 2.24) is 19.9 Å².